The van der Waals surface area contributed by atoms with Gasteiger partial charge < -0.3 is 20.1 Å². The van der Waals surface area contributed by atoms with Crippen LogP contribution in [-0.4, -0.2) is 43.3 Å². The summed E-state index contributed by atoms with van der Waals surface area (Å²) in [6, 6.07) is 0. The van der Waals surface area contributed by atoms with Gasteiger partial charge in [-0.3, -0.25) is 13.8 Å². The van der Waals surface area contributed by atoms with E-state index in [4.69, 9.17) is 24.3 Å². The Bertz CT molecular complexity index is 1060. The van der Waals surface area contributed by atoms with Crippen LogP contribution in [0.3, 0.4) is 0 Å². The molecular weight excluding hydrogens is 673 g/mol. The molecule has 0 heterocycles. The summed E-state index contributed by atoms with van der Waals surface area (Å²) in [6.07, 6.45) is 51.4. The monoisotopic (exact) mass is 748 g/mol. The normalized spacial score (nSPS) is 14.4. The third-order valence-electron chi connectivity index (χ3n) is 7.93. The molecule has 0 aromatic carbocycles. The highest BCUT2D eigenvalue weighted by molar-refractivity contribution is 7.47. The van der Waals surface area contributed by atoms with Gasteiger partial charge in [0.05, 0.1) is 19.5 Å². The second-order valence-electron chi connectivity index (χ2n) is 12.8. The second kappa shape index (κ2) is 39.7. The molecule has 1 unspecified atom stereocenters. The molecule has 9 heteroatoms. The van der Waals surface area contributed by atoms with Gasteiger partial charge in [-0.15, -0.1) is 0 Å². The van der Waals surface area contributed by atoms with Gasteiger partial charge >= 0.3 is 13.8 Å². The number of carbonyl (C=O) groups excluding carboxylic acids is 1. The lowest BCUT2D eigenvalue weighted by Crippen LogP contribution is -2.25. The van der Waals surface area contributed by atoms with Gasteiger partial charge in [0.15, 0.2) is 6.10 Å². The van der Waals surface area contributed by atoms with Crippen molar-refractivity contribution >= 4 is 13.8 Å². The van der Waals surface area contributed by atoms with Crippen LogP contribution >= 0.6 is 7.82 Å². The van der Waals surface area contributed by atoms with Crippen LogP contribution < -0.4 is 5.73 Å². The Balaban J connectivity index is 4.26. The Morgan fingerprint density at radius 3 is 1.60 bits per heavy atom. The van der Waals surface area contributed by atoms with Crippen LogP contribution in [0.15, 0.2) is 85.3 Å². The number of rotatable bonds is 37. The van der Waals surface area contributed by atoms with Gasteiger partial charge in [0.2, 0.25) is 0 Å². The van der Waals surface area contributed by atoms with Crippen molar-refractivity contribution in [2.75, 3.05) is 26.4 Å². The maximum Gasteiger partial charge on any atom is 0.472 e. The highest BCUT2D eigenvalue weighted by Gasteiger charge is 2.24. The van der Waals surface area contributed by atoms with E-state index < -0.39 is 13.9 Å². The molecule has 0 spiro atoms. The summed E-state index contributed by atoms with van der Waals surface area (Å²) in [6.45, 7) is 3.99. The molecule has 0 aliphatic rings. The van der Waals surface area contributed by atoms with Crippen LogP contribution in [0, 0.1) is 0 Å². The van der Waals surface area contributed by atoms with Crippen molar-refractivity contribution in [3.8, 4) is 0 Å². The van der Waals surface area contributed by atoms with E-state index in [1.165, 1.54) is 70.6 Å². The first-order valence-corrected chi connectivity index (χ1v) is 21.6. The molecule has 0 aliphatic heterocycles. The minimum Gasteiger partial charge on any atom is -0.492 e. The maximum absolute atomic E-state index is 12.3. The molecule has 0 saturated heterocycles. The fourth-order valence-corrected chi connectivity index (χ4v) is 5.71. The second-order valence-corrected chi connectivity index (χ2v) is 14.3. The Morgan fingerprint density at radius 1 is 0.615 bits per heavy atom. The van der Waals surface area contributed by atoms with Gasteiger partial charge in [0, 0.05) is 13.0 Å². The Labute approximate surface area is 318 Å². The van der Waals surface area contributed by atoms with Crippen molar-refractivity contribution in [2.24, 2.45) is 5.73 Å². The molecule has 0 radical (unpaired) electrons. The number of phosphoric ester groups is 1. The summed E-state index contributed by atoms with van der Waals surface area (Å²) in [5, 5.41) is 0. The maximum atomic E-state index is 12.3. The molecule has 0 saturated carbocycles. The largest absolute Gasteiger partial charge is 0.492 e. The minimum atomic E-state index is -4.28. The average Bonchev–Trinajstić information content (AvgIpc) is 3.14. The van der Waals surface area contributed by atoms with Crippen molar-refractivity contribution < 1.29 is 32.8 Å². The van der Waals surface area contributed by atoms with Crippen LogP contribution in [0.2, 0.25) is 0 Å². The van der Waals surface area contributed by atoms with E-state index in [9.17, 15) is 14.3 Å². The van der Waals surface area contributed by atoms with E-state index in [1.807, 2.05) is 18.2 Å². The van der Waals surface area contributed by atoms with Gasteiger partial charge in [0.1, 0.15) is 6.61 Å². The molecule has 0 bridgehead atoms. The molecule has 2 atom stereocenters. The topological polar surface area (TPSA) is 117 Å². The average molecular weight is 748 g/mol. The zero-order valence-electron chi connectivity index (χ0n) is 32.8. The zero-order chi connectivity index (χ0) is 38.1. The highest BCUT2D eigenvalue weighted by atomic mass is 31.2. The molecule has 8 nitrogen and oxygen atoms in total. The highest BCUT2D eigenvalue weighted by Crippen LogP contribution is 2.43. The van der Waals surface area contributed by atoms with Crippen molar-refractivity contribution in [3.05, 3.63) is 85.3 Å². The lowest BCUT2D eigenvalue weighted by atomic mass is 10.0. The predicted octanol–water partition coefficient (Wildman–Crippen LogP) is 12.1. The fourth-order valence-electron chi connectivity index (χ4n) is 4.95. The summed E-state index contributed by atoms with van der Waals surface area (Å²) in [4.78, 5) is 22.2. The minimum absolute atomic E-state index is 0.0874. The summed E-state index contributed by atoms with van der Waals surface area (Å²) < 4.78 is 33.0. The van der Waals surface area contributed by atoms with E-state index >= 15 is 0 Å². The van der Waals surface area contributed by atoms with Crippen LogP contribution in [-0.2, 0) is 27.9 Å². The summed E-state index contributed by atoms with van der Waals surface area (Å²) >= 11 is 0. The van der Waals surface area contributed by atoms with Crippen molar-refractivity contribution in [2.45, 2.75) is 155 Å². The lowest BCUT2D eigenvalue weighted by Gasteiger charge is -2.19. The van der Waals surface area contributed by atoms with Crippen molar-refractivity contribution in [1.82, 2.24) is 0 Å². The number of ether oxygens (including phenoxy) is 2. The number of allylic oxidation sites excluding steroid dienone is 13. The molecule has 0 aromatic rings. The van der Waals surface area contributed by atoms with Crippen molar-refractivity contribution in [3.63, 3.8) is 0 Å². The zero-order valence-corrected chi connectivity index (χ0v) is 33.7. The molecule has 0 fully saturated rings. The Hall–Kier alpha value is -2.48. The van der Waals surface area contributed by atoms with E-state index in [0.717, 1.165) is 51.4 Å². The number of phosphoric acid groups is 1. The smallest absolute Gasteiger partial charge is 0.472 e. The summed E-state index contributed by atoms with van der Waals surface area (Å²) in [5.41, 5.74) is 5.35. The first-order valence-electron chi connectivity index (χ1n) is 20.1. The molecule has 0 rings (SSSR count). The number of esters is 1. The van der Waals surface area contributed by atoms with Gasteiger partial charge in [-0.25, -0.2) is 4.57 Å². The Morgan fingerprint density at radius 2 is 1.10 bits per heavy atom. The number of nitrogens with two attached hydrogens (primary N) is 1. The molecular formula is C43H74NO7P. The van der Waals surface area contributed by atoms with E-state index in [1.54, 1.807) is 6.26 Å². The molecule has 298 valence electrons. The Kier molecular flexibility index (Phi) is 37.8. The van der Waals surface area contributed by atoms with Gasteiger partial charge in [-0.05, 0) is 63.9 Å². The summed E-state index contributed by atoms with van der Waals surface area (Å²) in [7, 11) is -4.28. The van der Waals surface area contributed by atoms with Gasteiger partial charge in [0.25, 0.3) is 0 Å². The van der Waals surface area contributed by atoms with E-state index in [0.29, 0.717) is 6.42 Å². The predicted molar refractivity (Wildman–Crippen MR) is 219 cm³/mol. The van der Waals surface area contributed by atoms with Crippen LogP contribution in [0.1, 0.15) is 149 Å². The molecule has 0 aliphatic carbocycles. The third-order valence-corrected chi connectivity index (χ3v) is 8.91. The molecule has 52 heavy (non-hydrogen) atoms. The first kappa shape index (κ1) is 49.5. The van der Waals surface area contributed by atoms with Gasteiger partial charge in [-0.1, -0.05) is 157 Å². The quantitative estimate of drug-likeness (QED) is 0.0212. The standard InChI is InChI=1S/C43H74NO7P/c1-3-5-7-9-11-13-15-17-19-20-21-22-23-24-26-28-30-32-34-36-43(45)49-40-42(41-51-52(46,47)50-39-37-44)48-38-35-33-31-29-27-25-18-16-14-12-10-8-6-4-2/h5,7,11,13,17,19,21-22,24,26,30,32,35,38,42H,3-4,6,8-10,12,14-16,18,20,23,25,27-29,31,33-34,36-37,39-41,44H2,1-2H3,(H,46,47)/b7-5-,13-11-,19-17-,22-21-,26-24-,32-30-,38-35-/t42-/m1/s1. The van der Waals surface area contributed by atoms with E-state index in [2.05, 4.69) is 74.6 Å². The third kappa shape index (κ3) is 38.7. The molecule has 3 N–H and O–H groups in total. The SMILES string of the molecule is CC/C=C\C/C=C\C/C=C\C/C=C\C/C=C\C/C=C\CCC(=O)OC[C@H](COP(=O)(O)OCCN)O/C=C\CCCCCCCCCCCCCC. The van der Waals surface area contributed by atoms with Crippen molar-refractivity contribution in [1.29, 1.82) is 0 Å². The lowest BCUT2D eigenvalue weighted by molar-refractivity contribution is -0.147. The van der Waals surface area contributed by atoms with Crippen LogP contribution in [0.4, 0.5) is 0 Å². The number of unbranched alkanes of at least 4 members (excludes halogenated alkanes) is 12. The molecule has 0 aromatic heterocycles. The number of hydrogen-bond donors (Lipinski definition) is 2. The van der Waals surface area contributed by atoms with Crippen LogP contribution in [0.25, 0.3) is 0 Å². The number of hydrogen-bond acceptors (Lipinski definition) is 7. The van der Waals surface area contributed by atoms with Crippen LogP contribution in [0.5, 0.6) is 0 Å². The molecule has 0 amide bonds. The first-order chi connectivity index (χ1) is 25.4. The fraction of sp³-hybridized carbons (Fsp3) is 0.651. The van der Waals surface area contributed by atoms with Gasteiger partial charge in [-0.2, -0.15) is 0 Å². The number of carbonyl (C=O) groups is 1. The summed E-state index contributed by atoms with van der Waals surface area (Å²) in [5.74, 6) is -0.375. The van der Waals surface area contributed by atoms with E-state index in [-0.39, 0.29) is 38.8 Å².